The molecule has 6 aromatic heterocycles. The molecule has 6 saturated carbocycles. The molecular weight excluding hydrogens is 1510 g/mol. The lowest BCUT2D eigenvalue weighted by Gasteiger charge is -2.62. The normalized spacial score (nSPS) is 26.6. The molecule has 9 fully saturated rings. The van der Waals surface area contributed by atoms with Crippen LogP contribution in [0.4, 0.5) is 40.1 Å². The van der Waals surface area contributed by atoms with Gasteiger partial charge in [0.05, 0.1) is 17.1 Å². The lowest BCUT2D eigenvalue weighted by Crippen LogP contribution is -2.60. The van der Waals surface area contributed by atoms with Gasteiger partial charge in [-0.25, -0.2) is 15.0 Å². The Kier molecular flexibility index (Phi) is 20.7. The first kappa shape index (κ1) is 83.0. The first-order valence-corrected chi connectivity index (χ1v) is 47.4. The summed E-state index contributed by atoms with van der Waals surface area (Å²) in [5.74, 6) is 6.13. The van der Waals surface area contributed by atoms with Crippen molar-refractivity contribution in [2.75, 3.05) is 24.5 Å². The van der Waals surface area contributed by atoms with Gasteiger partial charge in [0.2, 0.25) is 5.71 Å². The van der Waals surface area contributed by atoms with Gasteiger partial charge in [-0.1, -0.05) is 188 Å². The number of hydrogen-bond donors (Lipinski definition) is 0. The van der Waals surface area contributed by atoms with E-state index in [4.69, 9.17) is 23.2 Å². The highest BCUT2D eigenvalue weighted by Gasteiger charge is 2.65. The molecule has 0 radical (unpaired) electrons. The average molecular weight is 1640 g/mol. The minimum atomic E-state index is 0.0916. The second-order valence-corrected chi connectivity index (χ2v) is 43.4. The Morgan fingerprint density at radius 1 is 0.325 bits per heavy atom. The topological polar surface area (TPSA) is 94.3 Å². The SMILES string of the molecule is Cc1ccc2c(oc3ccccc32)c1N1C(C)C(C)(C)CC1(C)C.Cc1ccc2c(oc3ccccc32)c1N1C(C)C2(CCCCC2)CC1(C)C.Cc1ccc2c(oc3ncccc32)c1N1C(C)C(C)(C)CC1(C)C.Cc1ccccc1N1c2ncccc2C2(C3CC4CC(C3)CC2C4)C1C.Cc1ccccc1N1c2ncccc2C2(CCCCC2)C1C. The standard InChI is InChI=1S/C25H31NO.C24H28N2.C22H27NO.C21H26N2O.C20H24N2/c1-17-12-13-20-19-10-6-7-11-21(19)27-23(20)22(17)26-18(2)25(16-24(26,3)4)14-8-5-9-15-25;1-15-6-3-4-8-22(15)26-16(2)24(21-7-5-9-25-23(21)26)19-11-17-10-18(13-19)14-20(24)12-17;1-14-11-12-17-16-9-7-8-10-18(16)24-20(17)19(14)23-15(2)21(3,4)13-22(23,5)6;1-13-9-10-15-16-8-7-11-22-19(16)24-18(15)17(13)23-14(2)20(3,4)12-21(23,5)6;1-15-9-4-5-11-18(15)22-16(2)20(12-6-3-7-13-20)17-10-8-14-21-19(17)22/h6-7,10-13,18H,5,8-9,14-16H2,1-4H3;3-9,16-20H,10-14H2,1-2H3;7-12,15H,13H2,1-6H3;7-11,14H,12H2,1-6H3;4-5,8-11,14,16H,3,6-7,12-13H2,1-2H3. The lowest BCUT2D eigenvalue weighted by molar-refractivity contribution is -0.0654. The van der Waals surface area contributed by atoms with E-state index in [0.29, 0.717) is 46.5 Å². The molecule has 5 unspecified atom stereocenters. The van der Waals surface area contributed by atoms with Crippen molar-refractivity contribution in [2.45, 2.75) is 312 Å². The molecule has 13 aromatic rings. The van der Waals surface area contributed by atoms with E-state index in [1.807, 2.05) is 24.5 Å². The van der Waals surface area contributed by atoms with E-state index in [1.54, 1.807) is 11.8 Å². The molecule has 642 valence electrons. The number of fused-ring (bicyclic) bond motifs is 12. The minimum absolute atomic E-state index is 0.0916. The molecule has 3 saturated heterocycles. The number of hydrogen-bond acceptors (Lipinski definition) is 11. The number of benzene rings is 7. The van der Waals surface area contributed by atoms with Crippen LogP contribution in [0.25, 0.3) is 65.9 Å². The zero-order valence-electron chi connectivity index (χ0n) is 77.6. The molecule has 6 aliphatic carbocycles. The predicted molar refractivity (Wildman–Crippen MR) is 516 cm³/mol. The maximum atomic E-state index is 6.45. The Labute approximate surface area is 733 Å². The summed E-state index contributed by atoms with van der Waals surface area (Å²) >= 11 is 0. The summed E-state index contributed by atoms with van der Waals surface area (Å²) in [7, 11) is 0. The second-order valence-electron chi connectivity index (χ2n) is 43.4. The fourth-order valence-electron chi connectivity index (χ4n) is 28.5. The van der Waals surface area contributed by atoms with Gasteiger partial charge in [-0.2, -0.15) is 0 Å². The Morgan fingerprint density at radius 2 is 0.715 bits per heavy atom. The molecule has 5 atom stereocenters. The van der Waals surface area contributed by atoms with Crippen LogP contribution in [0.5, 0.6) is 0 Å². The Morgan fingerprint density at radius 3 is 1.20 bits per heavy atom. The van der Waals surface area contributed by atoms with Gasteiger partial charge in [-0.3, -0.25) is 0 Å². The minimum Gasteiger partial charge on any atom is -0.454 e. The number of aryl methyl sites for hydroxylation is 5. The molecule has 7 aromatic carbocycles. The van der Waals surface area contributed by atoms with Gasteiger partial charge in [0.15, 0.2) is 16.7 Å². The van der Waals surface area contributed by atoms with Crippen LogP contribution < -0.4 is 24.5 Å². The Bertz CT molecular complexity index is 5970. The van der Waals surface area contributed by atoms with Crippen LogP contribution in [-0.2, 0) is 10.8 Å². The molecule has 123 heavy (non-hydrogen) atoms. The average Bonchev–Trinajstić information content (AvgIpc) is 1.54. The van der Waals surface area contributed by atoms with Crippen molar-refractivity contribution in [1.29, 1.82) is 0 Å². The third-order valence-corrected chi connectivity index (χ3v) is 33.7. The number of furan rings is 3. The van der Waals surface area contributed by atoms with Crippen LogP contribution in [-0.4, -0.2) is 61.8 Å². The smallest absolute Gasteiger partial charge is 0.227 e. The summed E-state index contributed by atoms with van der Waals surface area (Å²) in [4.78, 5) is 27.1. The molecule has 11 heteroatoms. The van der Waals surface area contributed by atoms with E-state index in [0.717, 1.165) is 74.5 Å². The predicted octanol–water partition coefficient (Wildman–Crippen LogP) is 30.0. The van der Waals surface area contributed by atoms with Gasteiger partial charge < -0.3 is 37.8 Å². The van der Waals surface area contributed by atoms with Gasteiger partial charge in [0.1, 0.15) is 22.8 Å². The molecule has 11 nitrogen and oxygen atoms in total. The summed E-state index contributed by atoms with van der Waals surface area (Å²) < 4.78 is 19.0. The number of nitrogens with zero attached hydrogens (tertiary/aromatic N) is 8. The van der Waals surface area contributed by atoms with Crippen LogP contribution >= 0.6 is 0 Å². The largest absolute Gasteiger partial charge is 0.454 e. The molecule has 5 aliphatic heterocycles. The molecule has 0 amide bonds. The van der Waals surface area contributed by atoms with Crippen molar-refractivity contribution < 1.29 is 13.3 Å². The number of rotatable bonds is 5. The third kappa shape index (κ3) is 13.3. The second kappa shape index (κ2) is 30.6. The van der Waals surface area contributed by atoms with E-state index < -0.39 is 0 Å². The number of anilines is 7. The zero-order valence-corrected chi connectivity index (χ0v) is 77.6. The molecular formula is C112H136N8O3. The van der Waals surface area contributed by atoms with Gasteiger partial charge >= 0.3 is 0 Å². The van der Waals surface area contributed by atoms with Crippen molar-refractivity contribution in [3.63, 3.8) is 0 Å². The highest BCUT2D eigenvalue weighted by Crippen LogP contribution is 2.69. The van der Waals surface area contributed by atoms with E-state index in [2.05, 4.69) is 326 Å². The fraction of sp³-hybridized carbons (Fsp3) is 0.491. The molecule has 4 bridgehead atoms. The Balaban J connectivity index is 0.000000101. The summed E-state index contributed by atoms with van der Waals surface area (Å²) in [6.07, 6.45) is 30.3. The van der Waals surface area contributed by atoms with Crippen molar-refractivity contribution in [2.24, 2.45) is 39.9 Å². The molecule has 24 rings (SSSR count). The lowest BCUT2D eigenvalue weighted by atomic mass is 9.43. The maximum absolute atomic E-state index is 6.45. The van der Waals surface area contributed by atoms with E-state index in [1.165, 1.54) is 204 Å². The highest BCUT2D eigenvalue weighted by molar-refractivity contribution is 6.12. The van der Waals surface area contributed by atoms with Crippen LogP contribution in [0.1, 0.15) is 258 Å². The van der Waals surface area contributed by atoms with E-state index in [-0.39, 0.29) is 27.4 Å². The summed E-state index contributed by atoms with van der Waals surface area (Å²) in [5.41, 5.74) is 23.9. The van der Waals surface area contributed by atoms with Crippen LogP contribution in [0.2, 0.25) is 0 Å². The summed E-state index contributed by atoms with van der Waals surface area (Å²) in [6.45, 7) is 46.9. The van der Waals surface area contributed by atoms with Crippen LogP contribution in [0.15, 0.2) is 202 Å². The van der Waals surface area contributed by atoms with Crippen LogP contribution in [0.3, 0.4) is 0 Å². The van der Waals surface area contributed by atoms with Crippen molar-refractivity contribution in [1.82, 2.24) is 15.0 Å². The first-order chi connectivity index (χ1) is 58.8. The molecule has 0 N–H and O–H groups in total. The molecule has 11 heterocycles. The fourth-order valence-corrected chi connectivity index (χ4v) is 28.5. The van der Waals surface area contributed by atoms with Crippen molar-refractivity contribution in [3.05, 3.63) is 227 Å². The highest BCUT2D eigenvalue weighted by atomic mass is 16.3. The quantitative estimate of drug-likeness (QED) is 0.165. The van der Waals surface area contributed by atoms with Gasteiger partial charge in [-0.15, -0.1) is 0 Å². The zero-order chi connectivity index (χ0) is 86.0. The molecule has 11 aliphatic rings. The monoisotopic (exact) mass is 1640 g/mol. The Hall–Kier alpha value is -9.61. The van der Waals surface area contributed by atoms with Gasteiger partial charge in [-0.05, 0) is 304 Å². The van der Waals surface area contributed by atoms with Crippen LogP contribution in [0, 0.1) is 74.5 Å². The van der Waals surface area contributed by atoms with Crippen molar-refractivity contribution in [3.8, 4) is 0 Å². The van der Waals surface area contributed by atoms with E-state index >= 15 is 0 Å². The summed E-state index contributed by atoms with van der Waals surface area (Å²) in [6, 6.07) is 63.3. The number of aromatic nitrogens is 3. The number of para-hydroxylation sites is 4. The third-order valence-electron chi connectivity index (χ3n) is 33.7. The van der Waals surface area contributed by atoms with Crippen molar-refractivity contribution >= 4 is 106 Å². The molecule has 3 spiro atoms. The van der Waals surface area contributed by atoms with Gasteiger partial charge in [0.25, 0.3) is 0 Å². The number of pyridine rings is 3. The van der Waals surface area contributed by atoms with Gasteiger partial charge in [0, 0.05) is 131 Å². The maximum Gasteiger partial charge on any atom is 0.227 e. The van der Waals surface area contributed by atoms with E-state index in [9.17, 15) is 0 Å². The summed E-state index contributed by atoms with van der Waals surface area (Å²) in [5, 5.41) is 7.16. The first-order valence-electron chi connectivity index (χ1n) is 47.4.